The van der Waals surface area contributed by atoms with Crippen LogP contribution in [0, 0.1) is 6.92 Å². The summed E-state index contributed by atoms with van der Waals surface area (Å²) in [6, 6.07) is 0. The Bertz CT molecular complexity index is 251. The fraction of sp³-hybridized carbons (Fsp3) is 0.200. The lowest BCUT2D eigenvalue weighted by Crippen LogP contribution is -1.93. The van der Waals surface area contributed by atoms with Gasteiger partial charge in [0, 0.05) is 4.88 Å². The smallest absolute Gasteiger partial charge is 0.365 e. The van der Waals surface area contributed by atoms with Crippen molar-refractivity contribution in [2.75, 3.05) is 0 Å². The number of aryl methyl sites for hydroxylation is 1. The number of rotatable bonds is 1. The molecule has 54 valence electrons. The Morgan fingerprint density at radius 3 is 2.60 bits per heavy atom. The molecule has 0 aliphatic carbocycles. The number of nitrogens with zero attached hydrogens (tertiary/aromatic N) is 1. The fourth-order valence-corrected chi connectivity index (χ4v) is 1.36. The molecule has 1 N–H and O–H groups in total. The van der Waals surface area contributed by atoms with Crippen molar-refractivity contribution < 1.29 is 9.90 Å². The van der Waals surface area contributed by atoms with Crippen molar-refractivity contribution in [2.45, 2.75) is 6.92 Å². The summed E-state index contributed by atoms with van der Waals surface area (Å²) in [5.74, 6) is -1.03. The van der Waals surface area contributed by atoms with Crippen LogP contribution >= 0.6 is 22.9 Å². The Labute approximate surface area is 66.3 Å². The number of halogens is 1. The minimum atomic E-state index is -1.03. The van der Waals surface area contributed by atoms with E-state index in [0.717, 1.165) is 16.2 Å². The maximum absolute atomic E-state index is 10.3. The molecule has 0 fully saturated rings. The summed E-state index contributed by atoms with van der Waals surface area (Å²) in [5, 5.41) is 8.74. The predicted molar refractivity (Wildman–Crippen MR) is 38.8 cm³/mol. The number of carboxylic acid groups (broad SMARTS) is 1. The molecular weight excluding hydrogens is 174 g/mol. The van der Waals surface area contributed by atoms with Gasteiger partial charge in [0.25, 0.3) is 0 Å². The third-order valence-electron chi connectivity index (χ3n) is 0.923. The van der Waals surface area contributed by atoms with Gasteiger partial charge in [0.2, 0.25) is 5.01 Å². The molecule has 1 aromatic rings. The van der Waals surface area contributed by atoms with E-state index in [9.17, 15) is 4.79 Å². The summed E-state index contributed by atoms with van der Waals surface area (Å²) in [7, 11) is 0. The maximum Gasteiger partial charge on any atom is 0.365 e. The van der Waals surface area contributed by atoms with E-state index in [-0.39, 0.29) is 10.2 Å². The van der Waals surface area contributed by atoms with E-state index in [2.05, 4.69) is 4.98 Å². The number of thiazole rings is 1. The Morgan fingerprint density at radius 1 is 1.80 bits per heavy atom. The normalized spacial score (nSPS) is 9.80. The van der Waals surface area contributed by atoms with E-state index in [1.165, 1.54) is 0 Å². The van der Waals surface area contributed by atoms with Crippen LogP contribution in [0.25, 0.3) is 0 Å². The van der Waals surface area contributed by atoms with Gasteiger partial charge in [-0.3, -0.25) is 0 Å². The highest BCUT2D eigenvalue weighted by atomic mass is 35.5. The molecule has 1 rings (SSSR count). The molecule has 0 spiro atoms. The summed E-state index contributed by atoms with van der Waals surface area (Å²) >= 11 is 6.59. The topological polar surface area (TPSA) is 50.2 Å². The van der Waals surface area contributed by atoms with Crippen LogP contribution in [0.5, 0.6) is 0 Å². The minimum absolute atomic E-state index is 0.0440. The quantitative estimate of drug-likeness (QED) is 0.712. The Morgan fingerprint density at radius 2 is 2.40 bits per heavy atom. The Kier molecular flexibility index (Phi) is 1.92. The largest absolute Gasteiger partial charge is 0.476 e. The van der Waals surface area contributed by atoms with Crippen molar-refractivity contribution in [1.29, 1.82) is 0 Å². The van der Waals surface area contributed by atoms with Crippen LogP contribution in [-0.2, 0) is 0 Å². The lowest BCUT2D eigenvalue weighted by atomic mass is 10.6. The van der Waals surface area contributed by atoms with E-state index >= 15 is 0 Å². The van der Waals surface area contributed by atoms with E-state index in [4.69, 9.17) is 16.7 Å². The minimum Gasteiger partial charge on any atom is -0.476 e. The van der Waals surface area contributed by atoms with E-state index in [0.29, 0.717) is 0 Å². The molecule has 3 nitrogen and oxygen atoms in total. The first kappa shape index (κ1) is 7.50. The van der Waals surface area contributed by atoms with Gasteiger partial charge in [0.15, 0.2) is 0 Å². The van der Waals surface area contributed by atoms with Gasteiger partial charge in [0.1, 0.15) is 5.15 Å². The van der Waals surface area contributed by atoms with Gasteiger partial charge < -0.3 is 5.11 Å². The van der Waals surface area contributed by atoms with Gasteiger partial charge in [-0.15, -0.1) is 11.3 Å². The van der Waals surface area contributed by atoms with E-state index in [1.54, 1.807) is 6.92 Å². The third kappa shape index (κ3) is 1.27. The molecule has 0 saturated carbocycles. The lowest BCUT2D eigenvalue weighted by Gasteiger charge is -1.78. The van der Waals surface area contributed by atoms with Gasteiger partial charge in [-0.1, -0.05) is 11.6 Å². The monoisotopic (exact) mass is 177 g/mol. The summed E-state index contributed by atoms with van der Waals surface area (Å²) < 4.78 is 0. The number of hydrogen-bond acceptors (Lipinski definition) is 3. The van der Waals surface area contributed by atoms with Crippen LogP contribution in [0.15, 0.2) is 0 Å². The first-order valence-corrected chi connectivity index (χ1v) is 3.67. The summed E-state index contributed by atoms with van der Waals surface area (Å²) in [4.78, 5) is 14.6. The molecule has 1 heterocycles. The maximum atomic E-state index is 10.3. The zero-order valence-corrected chi connectivity index (χ0v) is 6.66. The van der Waals surface area contributed by atoms with Crippen LogP contribution in [0.3, 0.4) is 0 Å². The number of aromatic nitrogens is 1. The molecule has 0 radical (unpaired) electrons. The molecular formula is C5H4ClNO2S. The Balaban J connectivity index is 3.10. The second kappa shape index (κ2) is 2.56. The molecule has 0 aliphatic heterocycles. The average Bonchev–Trinajstić information content (AvgIpc) is 2.13. The van der Waals surface area contributed by atoms with Crippen LogP contribution < -0.4 is 0 Å². The van der Waals surface area contributed by atoms with Crippen LogP contribution in [-0.4, -0.2) is 16.1 Å². The highest BCUT2D eigenvalue weighted by Crippen LogP contribution is 2.21. The van der Waals surface area contributed by atoms with E-state index < -0.39 is 5.97 Å². The lowest BCUT2D eigenvalue weighted by molar-refractivity contribution is 0.0696. The van der Waals surface area contributed by atoms with Crippen molar-refractivity contribution >= 4 is 28.9 Å². The van der Waals surface area contributed by atoms with Crippen LogP contribution in [0.1, 0.15) is 14.7 Å². The standard InChI is InChI=1S/C5H4ClNO2S/c1-2-3(6)7-4(10-2)5(8)9/h1H3,(H,8,9). The van der Waals surface area contributed by atoms with Crippen LogP contribution in [0.4, 0.5) is 0 Å². The molecule has 0 aromatic carbocycles. The fourth-order valence-electron chi connectivity index (χ4n) is 0.469. The van der Waals surface area contributed by atoms with Crippen molar-refractivity contribution in [1.82, 2.24) is 4.98 Å². The van der Waals surface area contributed by atoms with Gasteiger partial charge in [0.05, 0.1) is 0 Å². The number of carboxylic acids is 1. The molecule has 0 bridgehead atoms. The van der Waals surface area contributed by atoms with Crippen molar-refractivity contribution in [3.8, 4) is 0 Å². The first-order chi connectivity index (χ1) is 4.61. The van der Waals surface area contributed by atoms with Crippen molar-refractivity contribution in [2.24, 2.45) is 0 Å². The molecule has 0 atom stereocenters. The third-order valence-corrected chi connectivity index (χ3v) is 2.36. The van der Waals surface area contributed by atoms with Gasteiger partial charge >= 0.3 is 5.97 Å². The molecule has 0 unspecified atom stereocenters. The van der Waals surface area contributed by atoms with Crippen LogP contribution in [0.2, 0.25) is 5.15 Å². The second-order valence-corrected chi connectivity index (χ2v) is 3.23. The van der Waals surface area contributed by atoms with Gasteiger partial charge in [-0.2, -0.15) is 0 Å². The molecule has 0 amide bonds. The van der Waals surface area contributed by atoms with Gasteiger partial charge in [-0.25, -0.2) is 9.78 Å². The highest BCUT2D eigenvalue weighted by molar-refractivity contribution is 7.13. The molecule has 10 heavy (non-hydrogen) atoms. The summed E-state index contributed by atoms with van der Waals surface area (Å²) in [6.45, 7) is 1.73. The molecule has 0 aliphatic rings. The summed E-state index contributed by atoms with van der Waals surface area (Å²) in [5.41, 5.74) is 0. The zero-order chi connectivity index (χ0) is 7.72. The molecule has 5 heteroatoms. The highest BCUT2D eigenvalue weighted by Gasteiger charge is 2.10. The SMILES string of the molecule is Cc1sc(C(=O)O)nc1Cl. The summed E-state index contributed by atoms with van der Waals surface area (Å²) in [6.07, 6.45) is 0. The Hall–Kier alpha value is -0.610. The van der Waals surface area contributed by atoms with Crippen molar-refractivity contribution in [3.63, 3.8) is 0 Å². The average molecular weight is 178 g/mol. The van der Waals surface area contributed by atoms with Crippen molar-refractivity contribution in [3.05, 3.63) is 15.0 Å². The first-order valence-electron chi connectivity index (χ1n) is 2.47. The molecule has 1 aromatic heterocycles. The second-order valence-electron chi connectivity index (χ2n) is 1.67. The van der Waals surface area contributed by atoms with E-state index in [1.807, 2.05) is 0 Å². The molecule has 0 saturated heterocycles. The number of aromatic carboxylic acids is 1. The van der Waals surface area contributed by atoms with Gasteiger partial charge in [-0.05, 0) is 6.92 Å². The zero-order valence-electron chi connectivity index (χ0n) is 5.09. The predicted octanol–water partition coefficient (Wildman–Crippen LogP) is 1.80. The number of hydrogen-bond donors (Lipinski definition) is 1. The number of carbonyl (C=O) groups is 1.